The van der Waals surface area contributed by atoms with Gasteiger partial charge in [-0.15, -0.1) is 24.0 Å². The molecule has 8 heteroatoms. The number of guanidine groups is 1. The molecule has 0 heterocycles. The van der Waals surface area contributed by atoms with E-state index in [9.17, 15) is 10.1 Å². The number of rotatable bonds is 7. The topological polar surface area (TPSA) is 88.8 Å². The lowest BCUT2D eigenvalue weighted by molar-refractivity contribution is -0.384. The summed E-state index contributed by atoms with van der Waals surface area (Å²) in [6, 6.07) is 14.5. The summed E-state index contributed by atoms with van der Waals surface area (Å²) in [4.78, 5) is 14.6. The van der Waals surface area contributed by atoms with Gasteiger partial charge in [-0.2, -0.15) is 0 Å². The van der Waals surface area contributed by atoms with Crippen molar-refractivity contribution >= 4 is 35.6 Å². The molecule has 0 aromatic heterocycles. The van der Waals surface area contributed by atoms with Crippen LogP contribution in [0.4, 0.5) is 5.69 Å². The van der Waals surface area contributed by atoms with Crippen LogP contribution in [0.25, 0.3) is 0 Å². The molecule has 0 aliphatic rings. The van der Waals surface area contributed by atoms with Crippen LogP contribution in [0, 0.1) is 10.1 Å². The minimum atomic E-state index is -0.397. The maximum absolute atomic E-state index is 10.8. The molecule has 0 spiro atoms. The van der Waals surface area contributed by atoms with E-state index in [1.807, 2.05) is 30.3 Å². The van der Waals surface area contributed by atoms with Crippen LogP contribution in [0.2, 0.25) is 0 Å². The fraction of sp³-hybridized carbons (Fsp3) is 0.278. The molecule has 2 aromatic rings. The maximum Gasteiger partial charge on any atom is 0.269 e. The van der Waals surface area contributed by atoms with Gasteiger partial charge in [0.2, 0.25) is 0 Å². The minimum Gasteiger partial charge on any atom is -0.497 e. The average molecular weight is 470 g/mol. The summed E-state index contributed by atoms with van der Waals surface area (Å²) in [6.07, 6.45) is 0.849. The average Bonchev–Trinajstić information content (AvgIpc) is 2.65. The van der Waals surface area contributed by atoms with Crippen LogP contribution < -0.4 is 15.4 Å². The number of methoxy groups -OCH3 is 1. The Balaban J connectivity index is 0.00000338. The first kappa shape index (κ1) is 21.7. The van der Waals surface area contributed by atoms with Crippen LogP contribution in [-0.2, 0) is 13.0 Å². The molecule has 0 aliphatic carbocycles. The van der Waals surface area contributed by atoms with Gasteiger partial charge in [0, 0.05) is 32.3 Å². The lowest BCUT2D eigenvalue weighted by atomic mass is 10.1. The highest BCUT2D eigenvalue weighted by atomic mass is 127. The van der Waals surface area contributed by atoms with Crippen molar-refractivity contribution in [3.8, 4) is 5.75 Å². The van der Waals surface area contributed by atoms with Gasteiger partial charge in [0.1, 0.15) is 5.75 Å². The molecule has 0 atom stereocenters. The molecule has 2 N–H and O–H groups in total. The van der Waals surface area contributed by atoms with E-state index in [0.29, 0.717) is 12.5 Å². The molecule has 7 nitrogen and oxygen atoms in total. The van der Waals surface area contributed by atoms with Gasteiger partial charge in [-0.3, -0.25) is 15.1 Å². The fourth-order valence-electron chi connectivity index (χ4n) is 2.30. The van der Waals surface area contributed by atoms with Crippen molar-refractivity contribution in [3.05, 3.63) is 69.8 Å². The number of non-ortho nitro benzene ring substituents is 1. The molecule has 2 rings (SSSR count). The lowest BCUT2D eigenvalue weighted by Gasteiger charge is -2.12. The Bertz CT molecular complexity index is 735. The summed E-state index contributed by atoms with van der Waals surface area (Å²) < 4.78 is 5.14. The Labute approximate surface area is 170 Å². The van der Waals surface area contributed by atoms with E-state index in [1.165, 1.54) is 11.6 Å². The van der Waals surface area contributed by atoms with Gasteiger partial charge in [-0.1, -0.05) is 24.3 Å². The van der Waals surface area contributed by atoms with Gasteiger partial charge in [-0.25, -0.2) is 0 Å². The Morgan fingerprint density at radius 1 is 1.15 bits per heavy atom. The lowest BCUT2D eigenvalue weighted by Crippen LogP contribution is -2.37. The second-order valence-corrected chi connectivity index (χ2v) is 5.38. The van der Waals surface area contributed by atoms with Crippen molar-refractivity contribution in [1.82, 2.24) is 10.6 Å². The Hall–Kier alpha value is -2.36. The van der Waals surface area contributed by atoms with Gasteiger partial charge >= 0.3 is 0 Å². The zero-order valence-electron chi connectivity index (χ0n) is 14.8. The summed E-state index contributed by atoms with van der Waals surface area (Å²) >= 11 is 0. The van der Waals surface area contributed by atoms with E-state index < -0.39 is 4.92 Å². The number of halogens is 1. The normalized spacial score (nSPS) is 10.6. The smallest absolute Gasteiger partial charge is 0.269 e. The summed E-state index contributed by atoms with van der Waals surface area (Å²) in [5.74, 6) is 1.49. The molecule has 0 bridgehead atoms. The number of hydrogen-bond acceptors (Lipinski definition) is 4. The van der Waals surface area contributed by atoms with Crippen LogP contribution in [0.15, 0.2) is 53.5 Å². The number of nitrogens with zero attached hydrogens (tertiary/aromatic N) is 2. The number of ether oxygens (including phenoxy) is 1. The quantitative estimate of drug-likeness (QED) is 0.214. The van der Waals surface area contributed by atoms with Gasteiger partial charge in [0.05, 0.1) is 12.0 Å². The number of aliphatic imine (C=N–C) groups is 1. The Morgan fingerprint density at radius 2 is 1.88 bits per heavy atom. The van der Waals surface area contributed by atoms with Gasteiger partial charge in [0.25, 0.3) is 5.69 Å². The third-order valence-corrected chi connectivity index (χ3v) is 3.67. The van der Waals surface area contributed by atoms with Crippen LogP contribution in [0.3, 0.4) is 0 Å². The van der Waals surface area contributed by atoms with Crippen molar-refractivity contribution in [3.63, 3.8) is 0 Å². The van der Waals surface area contributed by atoms with Crippen LogP contribution in [-0.4, -0.2) is 31.6 Å². The van der Waals surface area contributed by atoms with Crippen LogP contribution >= 0.6 is 24.0 Å². The van der Waals surface area contributed by atoms with Crippen molar-refractivity contribution < 1.29 is 9.66 Å². The molecule has 0 saturated carbocycles. The third kappa shape index (κ3) is 6.87. The summed E-state index contributed by atoms with van der Waals surface area (Å²) in [5.41, 5.74) is 2.11. The molecule has 0 fully saturated rings. The first-order chi connectivity index (χ1) is 12.1. The maximum atomic E-state index is 10.8. The van der Waals surface area contributed by atoms with Crippen molar-refractivity contribution in [1.29, 1.82) is 0 Å². The zero-order chi connectivity index (χ0) is 18.1. The monoisotopic (exact) mass is 470 g/mol. The summed E-state index contributed by atoms with van der Waals surface area (Å²) in [7, 11) is 3.34. The van der Waals surface area contributed by atoms with E-state index in [1.54, 1.807) is 26.3 Å². The predicted octanol–water partition coefficient (Wildman–Crippen LogP) is 3.13. The highest BCUT2D eigenvalue weighted by Crippen LogP contribution is 2.13. The number of nitro groups is 1. The Kier molecular flexibility index (Phi) is 9.42. The molecule has 0 saturated heterocycles. The van der Waals surface area contributed by atoms with Crippen molar-refractivity contribution in [2.45, 2.75) is 13.0 Å². The second-order valence-electron chi connectivity index (χ2n) is 5.38. The largest absolute Gasteiger partial charge is 0.497 e. The fourth-order valence-corrected chi connectivity index (χ4v) is 2.30. The Morgan fingerprint density at radius 3 is 2.50 bits per heavy atom. The van der Waals surface area contributed by atoms with Crippen molar-refractivity contribution in [2.24, 2.45) is 4.99 Å². The SMILES string of the molecule is CN=C(NCCc1ccc(OC)cc1)NCc1cccc([N+](=O)[O-])c1.I. The van der Waals surface area contributed by atoms with Crippen LogP contribution in [0.1, 0.15) is 11.1 Å². The molecule has 0 amide bonds. The first-order valence-corrected chi connectivity index (χ1v) is 7.93. The molecular formula is C18H23IN4O3. The highest BCUT2D eigenvalue weighted by molar-refractivity contribution is 14.0. The molecule has 2 aromatic carbocycles. The number of hydrogen-bond donors (Lipinski definition) is 2. The second kappa shape index (κ2) is 11.3. The van der Waals surface area contributed by atoms with E-state index >= 15 is 0 Å². The predicted molar refractivity (Wildman–Crippen MR) is 113 cm³/mol. The van der Waals surface area contributed by atoms with E-state index in [2.05, 4.69) is 15.6 Å². The van der Waals surface area contributed by atoms with Crippen molar-refractivity contribution in [2.75, 3.05) is 20.7 Å². The van der Waals surface area contributed by atoms with Gasteiger partial charge in [0.15, 0.2) is 5.96 Å². The number of nitrogens with one attached hydrogen (secondary N) is 2. The van der Waals surface area contributed by atoms with E-state index in [-0.39, 0.29) is 29.7 Å². The van der Waals surface area contributed by atoms with Gasteiger partial charge < -0.3 is 15.4 Å². The minimum absolute atomic E-state index is 0. The van der Waals surface area contributed by atoms with E-state index in [4.69, 9.17) is 4.74 Å². The summed E-state index contributed by atoms with van der Waals surface area (Å²) in [5, 5.41) is 17.2. The molecule has 0 aliphatic heterocycles. The molecule has 0 radical (unpaired) electrons. The van der Waals surface area contributed by atoms with Gasteiger partial charge in [-0.05, 0) is 29.7 Å². The van der Waals surface area contributed by atoms with Crippen LogP contribution in [0.5, 0.6) is 5.75 Å². The zero-order valence-corrected chi connectivity index (χ0v) is 17.1. The number of nitro benzene ring substituents is 1. The third-order valence-electron chi connectivity index (χ3n) is 3.67. The molecular weight excluding hydrogens is 447 g/mol. The molecule has 140 valence electrons. The van der Waals surface area contributed by atoms with E-state index in [0.717, 1.165) is 24.3 Å². The molecule has 26 heavy (non-hydrogen) atoms. The summed E-state index contributed by atoms with van der Waals surface area (Å²) in [6.45, 7) is 1.19. The highest BCUT2D eigenvalue weighted by Gasteiger charge is 2.06. The molecule has 0 unspecified atom stereocenters. The number of benzene rings is 2. The first-order valence-electron chi connectivity index (χ1n) is 7.93. The standard InChI is InChI=1S/C18H22N4O3.HI/c1-19-18(20-11-10-14-6-8-17(25-2)9-7-14)21-13-15-4-3-5-16(12-15)22(23)24;/h3-9,12H,10-11,13H2,1-2H3,(H2,19,20,21);1H.